The van der Waals surface area contributed by atoms with Crippen molar-refractivity contribution in [2.75, 3.05) is 0 Å². The molecule has 0 bridgehead atoms. The molecule has 10 rings (SSSR count). The van der Waals surface area contributed by atoms with Gasteiger partial charge in [0.1, 0.15) is 5.82 Å². The summed E-state index contributed by atoms with van der Waals surface area (Å²) in [6.45, 7) is 0. The Balaban J connectivity index is 1.28. The number of hydrogen-bond acceptors (Lipinski definition) is 1. The van der Waals surface area contributed by atoms with Gasteiger partial charge in [-0.3, -0.25) is 4.40 Å². The number of para-hydroxylation sites is 2. The molecule has 0 atom stereocenters. The highest BCUT2D eigenvalue weighted by Gasteiger charge is 2.21. The van der Waals surface area contributed by atoms with Gasteiger partial charge in [0, 0.05) is 38.4 Å². The van der Waals surface area contributed by atoms with Gasteiger partial charge in [-0.1, -0.05) is 140 Å². The van der Waals surface area contributed by atoms with Crippen molar-refractivity contribution in [3.05, 3.63) is 176 Å². The van der Waals surface area contributed by atoms with Crippen LogP contribution >= 0.6 is 0 Å². The topological polar surface area (TPSA) is 22.2 Å². The molecule has 0 N–H and O–H groups in total. The summed E-state index contributed by atoms with van der Waals surface area (Å²) in [5, 5.41) is 6.12. The molecule has 3 heterocycles. The van der Waals surface area contributed by atoms with Gasteiger partial charge in [0.05, 0.1) is 27.8 Å². The molecular weight excluding hydrogens is 583 g/mol. The lowest BCUT2D eigenvalue weighted by atomic mass is 9.98. The summed E-state index contributed by atoms with van der Waals surface area (Å²) in [5.41, 5.74) is 11.4. The zero-order valence-corrected chi connectivity index (χ0v) is 26.1. The average Bonchev–Trinajstić information content (AvgIpc) is 3.73. The Labute approximate surface area is 277 Å². The first-order chi connectivity index (χ1) is 23.8. The standard InChI is InChI=1S/C45H29N3/c1-4-14-30(15-5-1)43-44-38-22-11-10-20-35(38)37-26-24-33(29-42(37)48(44)45(46-43)31-16-6-2-7-17-31)32-25-27-41-39(28-32)36-21-12-13-23-40(36)47(41)34-18-8-3-9-19-34/h1-29H. The largest absolute Gasteiger partial charge is 0.309 e. The highest BCUT2D eigenvalue weighted by Crippen LogP contribution is 2.41. The van der Waals surface area contributed by atoms with Crippen LogP contribution in [0.5, 0.6) is 0 Å². The Morgan fingerprint density at radius 2 is 0.917 bits per heavy atom. The Kier molecular flexibility index (Phi) is 5.87. The van der Waals surface area contributed by atoms with Crippen LogP contribution in [-0.2, 0) is 0 Å². The van der Waals surface area contributed by atoms with Crippen molar-refractivity contribution in [3.8, 4) is 39.5 Å². The van der Waals surface area contributed by atoms with Crippen molar-refractivity contribution >= 4 is 49.0 Å². The predicted octanol–water partition coefficient (Wildman–Crippen LogP) is 11.7. The number of imidazole rings is 1. The highest BCUT2D eigenvalue weighted by atomic mass is 15.0. The predicted molar refractivity (Wildman–Crippen MR) is 201 cm³/mol. The second-order valence-electron chi connectivity index (χ2n) is 12.4. The minimum absolute atomic E-state index is 0.943. The fraction of sp³-hybridized carbons (Fsp3) is 0. The lowest BCUT2D eigenvalue weighted by molar-refractivity contribution is 1.18. The number of benzene rings is 7. The molecule has 0 spiro atoms. The maximum atomic E-state index is 5.40. The molecule has 0 aliphatic carbocycles. The third-order valence-electron chi connectivity index (χ3n) is 9.69. The van der Waals surface area contributed by atoms with E-state index in [0.29, 0.717) is 0 Å². The van der Waals surface area contributed by atoms with Gasteiger partial charge >= 0.3 is 0 Å². The molecule has 10 aromatic rings. The van der Waals surface area contributed by atoms with E-state index in [-0.39, 0.29) is 0 Å². The van der Waals surface area contributed by atoms with Crippen LogP contribution < -0.4 is 0 Å². The van der Waals surface area contributed by atoms with Gasteiger partial charge in [-0.25, -0.2) is 4.98 Å². The molecule has 3 aromatic heterocycles. The summed E-state index contributed by atoms with van der Waals surface area (Å²) in [6.07, 6.45) is 0. The van der Waals surface area contributed by atoms with Crippen LogP contribution in [0.1, 0.15) is 0 Å². The van der Waals surface area contributed by atoms with E-state index in [1.54, 1.807) is 0 Å². The van der Waals surface area contributed by atoms with Gasteiger partial charge < -0.3 is 4.57 Å². The van der Waals surface area contributed by atoms with Gasteiger partial charge in [-0.15, -0.1) is 0 Å². The monoisotopic (exact) mass is 611 g/mol. The normalized spacial score (nSPS) is 11.8. The molecule has 0 amide bonds. The van der Waals surface area contributed by atoms with Gasteiger partial charge in [0.15, 0.2) is 0 Å². The summed E-state index contributed by atoms with van der Waals surface area (Å²) >= 11 is 0. The summed E-state index contributed by atoms with van der Waals surface area (Å²) in [5.74, 6) is 0.943. The molecular formula is C45H29N3. The van der Waals surface area contributed by atoms with Crippen molar-refractivity contribution in [1.82, 2.24) is 14.0 Å². The lowest BCUT2D eigenvalue weighted by Crippen LogP contribution is -1.95. The third-order valence-corrected chi connectivity index (χ3v) is 9.69. The van der Waals surface area contributed by atoms with Crippen LogP contribution in [0.2, 0.25) is 0 Å². The van der Waals surface area contributed by atoms with Crippen molar-refractivity contribution < 1.29 is 0 Å². The van der Waals surface area contributed by atoms with Crippen LogP contribution in [-0.4, -0.2) is 14.0 Å². The number of rotatable bonds is 4. The van der Waals surface area contributed by atoms with Crippen molar-refractivity contribution in [1.29, 1.82) is 0 Å². The van der Waals surface area contributed by atoms with Crippen molar-refractivity contribution in [3.63, 3.8) is 0 Å². The molecule has 224 valence electrons. The molecule has 48 heavy (non-hydrogen) atoms. The molecule has 0 unspecified atom stereocenters. The molecule has 0 aliphatic rings. The molecule has 0 fully saturated rings. The molecule has 0 saturated carbocycles. The SMILES string of the molecule is c1ccc(-c2nc(-c3ccccc3)n3c4cc(-c5ccc6c(c5)c5ccccc5n6-c5ccccc5)ccc4c4ccccc4c23)cc1. The first-order valence-corrected chi connectivity index (χ1v) is 16.4. The number of nitrogens with zero attached hydrogens (tertiary/aromatic N) is 3. The van der Waals surface area contributed by atoms with E-state index in [1.165, 1.54) is 54.8 Å². The minimum atomic E-state index is 0.943. The molecule has 3 heteroatoms. The summed E-state index contributed by atoms with van der Waals surface area (Å²) < 4.78 is 4.76. The van der Waals surface area contributed by atoms with Crippen LogP contribution in [0.15, 0.2) is 176 Å². The maximum absolute atomic E-state index is 5.40. The molecule has 3 nitrogen and oxygen atoms in total. The van der Waals surface area contributed by atoms with Crippen LogP contribution in [0.25, 0.3) is 88.5 Å². The quantitative estimate of drug-likeness (QED) is 0.182. The molecule has 7 aromatic carbocycles. The van der Waals surface area contributed by atoms with E-state index < -0.39 is 0 Å². The summed E-state index contributed by atoms with van der Waals surface area (Å²) in [4.78, 5) is 5.40. The van der Waals surface area contributed by atoms with Gasteiger partial charge in [-0.05, 0) is 52.9 Å². The highest BCUT2D eigenvalue weighted by molar-refractivity contribution is 6.17. The first-order valence-electron chi connectivity index (χ1n) is 16.4. The second-order valence-corrected chi connectivity index (χ2v) is 12.4. The Morgan fingerprint density at radius 1 is 0.354 bits per heavy atom. The van der Waals surface area contributed by atoms with E-state index >= 15 is 0 Å². The van der Waals surface area contributed by atoms with Gasteiger partial charge in [0.25, 0.3) is 0 Å². The zero-order chi connectivity index (χ0) is 31.6. The average molecular weight is 612 g/mol. The number of aromatic nitrogens is 3. The Morgan fingerprint density at radius 3 is 1.69 bits per heavy atom. The van der Waals surface area contributed by atoms with E-state index in [2.05, 4.69) is 185 Å². The fourth-order valence-corrected chi connectivity index (χ4v) is 7.54. The minimum Gasteiger partial charge on any atom is -0.309 e. The molecule has 0 aliphatic heterocycles. The molecule has 0 radical (unpaired) electrons. The smallest absolute Gasteiger partial charge is 0.145 e. The zero-order valence-electron chi connectivity index (χ0n) is 26.1. The second kappa shape index (κ2) is 10.5. The lowest BCUT2D eigenvalue weighted by Gasteiger charge is -2.14. The third kappa shape index (κ3) is 3.98. The van der Waals surface area contributed by atoms with E-state index in [0.717, 1.165) is 33.7 Å². The number of hydrogen-bond donors (Lipinski definition) is 0. The van der Waals surface area contributed by atoms with Crippen LogP contribution in [0, 0.1) is 0 Å². The van der Waals surface area contributed by atoms with Gasteiger partial charge in [0.2, 0.25) is 0 Å². The first kappa shape index (κ1) is 26.7. The maximum Gasteiger partial charge on any atom is 0.145 e. The van der Waals surface area contributed by atoms with Crippen LogP contribution in [0.3, 0.4) is 0 Å². The van der Waals surface area contributed by atoms with Crippen molar-refractivity contribution in [2.45, 2.75) is 0 Å². The Hall–Kier alpha value is -6.45. The Bertz CT molecular complexity index is 2810. The van der Waals surface area contributed by atoms with Crippen molar-refractivity contribution in [2.24, 2.45) is 0 Å². The summed E-state index contributed by atoms with van der Waals surface area (Å²) in [7, 11) is 0. The van der Waals surface area contributed by atoms with Gasteiger partial charge in [-0.2, -0.15) is 0 Å². The number of fused-ring (bicyclic) bond motifs is 9. The van der Waals surface area contributed by atoms with Crippen LogP contribution in [0.4, 0.5) is 0 Å². The fourth-order valence-electron chi connectivity index (χ4n) is 7.54. The summed E-state index contributed by atoms with van der Waals surface area (Å²) in [6, 6.07) is 63.0. The van der Waals surface area contributed by atoms with E-state index in [4.69, 9.17) is 4.98 Å². The number of pyridine rings is 1. The molecule has 0 saturated heterocycles. The van der Waals surface area contributed by atoms with E-state index in [1.807, 2.05) is 0 Å². The van der Waals surface area contributed by atoms with E-state index in [9.17, 15) is 0 Å².